The van der Waals surface area contributed by atoms with Gasteiger partial charge in [-0.05, 0) is 141 Å². The second-order valence-corrected chi connectivity index (χ2v) is 32.5. The number of anilines is 4. The predicted octanol–water partition coefficient (Wildman–Crippen LogP) is 14.7. The Hall–Kier alpha value is -16.3. The van der Waals surface area contributed by atoms with Crippen molar-refractivity contribution in [3.8, 4) is 115 Å². The minimum absolute atomic E-state index is 0.177. The number of aryl methyl sites for hydroxylation is 5. The number of nitriles is 4. The Bertz CT molecular complexity index is 7390. The molecule has 1 aliphatic rings. The number of benzene rings is 4. The Labute approximate surface area is 778 Å². The highest BCUT2D eigenvalue weighted by Gasteiger charge is 2.27. The predicted molar refractivity (Wildman–Crippen MR) is 505 cm³/mol. The SMILES string of the molecule is CN1CCC(CCNc2nc(-c3ccn(C)n3)c(-c3cc(Cl)c4[nH]ncc4c3)nc2C#N)OC1.Cn1ccc(-c2nc(NCCc3ccncc3)c(C#N)nc2-c2cc(Cl)c3[nH]ncc3c2)n1.Cn1ccc(-c2nc(NCCc3ccncn3)c(C#N)nc2-c2cc(Cl)c3[nH]ncc3c2)n1.Cn1ccc(CCNc2nc(-c3ccn(C)n3)c(-c3cc(Cl)c4[nH]ncc4c3)nc2C#N)c1. The molecule has 1 atom stereocenters. The first-order chi connectivity index (χ1) is 64.8. The smallest absolute Gasteiger partial charge is 0.183 e. The zero-order chi connectivity index (χ0) is 92.2. The number of nitrogens with one attached hydrogen (secondary N) is 8. The largest absolute Gasteiger partial charge is 0.368 e. The Kier molecular flexibility index (Phi) is 26.8. The molecule has 19 aromatic rings. The molecule has 0 spiro atoms. The summed E-state index contributed by atoms with van der Waals surface area (Å²) in [7, 11) is 11.4. The van der Waals surface area contributed by atoms with E-state index in [1.54, 1.807) is 86.4 Å². The molecule has 0 bridgehead atoms. The third-order valence-corrected chi connectivity index (χ3v) is 22.6. The van der Waals surface area contributed by atoms with Crippen LogP contribution in [0.5, 0.6) is 0 Å². The van der Waals surface area contributed by atoms with Gasteiger partial charge in [0.2, 0.25) is 0 Å². The van der Waals surface area contributed by atoms with E-state index in [4.69, 9.17) is 76.1 Å². The first-order valence-corrected chi connectivity index (χ1v) is 43.1. The van der Waals surface area contributed by atoms with Crippen molar-refractivity contribution in [2.45, 2.75) is 38.2 Å². The molecule has 1 aliphatic heterocycles. The normalized spacial score (nSPS) is 12.4. The molecule has 1 unspecified atom stereocenters. The zero-order valence-corrected chi connectivity index (χ0v) is 75.1. The molecule has 1 saturated heterocycles. The van der Waals surface area contributed by atoms with Crippen molar-refractivity contribution in [1.29, 1.82) is 21.0 Å². The highest BCUT2D eigenvalue weighted by atomic mass is 35.5. The summed E-state index contributed by atoms with van der Waals surface area (Å²) in [6.45, 7) is 3.98. The first kappa shape index (κ1) is 88.7. The average Bonchev–Trinajstić information content (AvgIpc) is 1.69. The molecule has 1 fully saturated rings. The molecular weight excluding hydrogens is 1770 g/mol. The highest BCUT2D eigenvalue weighted by molar-refractivity contribution is 6.37. The van der Waals surface area contributed by atoms with Gasteiger partial charge in [-0.3, -0.25) is 49.0 Å². The number of ether oxygens (including phenoxy) is 1. The maximum atomic E-state index is 9.84. The van der Waals surface area contributed by atoms with Gasteiger partial charge in [-0.25, -0.2) is 49.8 Å². The number of nitrogens with zero attached hydrogens (tertiary/aromatic N) is 29. The van der Waals surface area contributed by atoms with Crippen molar-refractivity contribution in [1.82, 2.24) is 144 Å². The number of aromatic amines is 4. The summed E-state index contributed by atoms with van der Waals surface area (Å²) in [5, 5.41) is 104. The van der Waals surface area contributed by atoms with Crippen LogP contribution in [0.25, 0.3) is 134 Å². The summed E-state index contributed by atoms with van der Waals surface area (Å²) in [5.74, 6) is 1.64. The molecule has 0 amide bonds. The lowest BCUT2D eigenvalue weighted by molar-refractivity contribution is -0.0590. The molecule has 0 saturated carbocycles. The fourth-order valence-corrected chi connectivity index (χ4v) is 15.9. The van der Waals surface area contributed by atoms with E-state index in [0.29, 0.717) is 157 Å². The summed E-state index contributed by atoms with van der Waals surface area (Å²) < 4.78 is 14.6. The quantitative estimate of drug-likeness (QED) is 0.0278. The van der Waals surface area contributed by atoms with Crippen LogP contribution in [0.15, 0.2) is 184 Å². The molecule has 15 aromatic heterocycles. The van der Waals surface area contributed by atoms with Crippen LogP contribution in [-0.2, 0) is 59.2 Å². The lowest BCUT2D eigenvalue weighted by Gasteiger charge is -2.29. The number of rotatable bonds is 24. The fourth-order valence-electron chi connectivity index (χ4n) is 14.8. The number of hydrogen-bond acceptors (Lipinski definition) is 29. The fraction of sp³-hybridized carbons (Fsp3) is 0.198. The van der Waals surface area contributed by atoms with Crippen molar-refractivity contribution in [3.63, 3.8) is 0 Å². The van der Waals surface area contributed by atoms with Crippen molar-refractivity contribution in [3.05, 3.63) is 244 Å². The van der Waals surface area contributed by atoms with Crippen molar-refractivity contribution < 1.29 is 4.74 Å². The number of hydrogen-bond donors (Lipinski definition) is 8. The Morgan fingerprint density at radius 3 is 1.07 bits per heavy atom. The van der Waals surface area contributed by atoms with Crippen LogP contribution < -0.4 is 21.3 Å². The first-order valence-electron chi connectivity index (χ1n) is 41.6. The second kappa shape index (κ2) is 40.1. The van der Waals surface area contributed by atoms with Crippen LogP contribution in [0, 0.1) is 45.3 Å². The van der Waals surface area contributed by atoms with Crippen LogP contribution in [0.1, 0.15) is 52.4 Å². The summed E-state index contributed by atoms with van der Waals surface area (Å²) in [6.07, 6.45) is 29.1. The maximum absolute atomic E-state index is 9.84. The van der Waals surface area contributed by atoms with Crippen LogP contribution in [0.3, 0.4) is 0 Å². The standard InChI is InChI=1S/C23H24ClN9O.C23H20ClN9.C23H18ClN9.C22H17ClN10/c1-32-7-4-16(34-13-32)3-6-26-23-19(11-25)28-21(22(29-23)18-5-8-33(2)31-18)14-9-15-12-27-30-20(15)17(24)10-14;1-32-7-4-14(13-32)3-6-26-23-19(11-25)28-21(22(29-23)18-5-8-33(2)31-18)15-9-16-12-27-30-20(16)17(24)10-15;1-33-9-5-18(32-33)22-21(15-10-16-13-28-31-20(16)17(24)11-15)29-19(12-25)23(30-22)27-8-4-14-2-6-26-7-3-14;1-33-7-4-17(32-33)21-20(13-8-14-11-28-31-19(14)16(23)9-13)29-18(10-24)22(30-21)26-6-3-15-2-5-25-12-27-15/h5,8-10,12,16H,3-4,6-7,13H2,1-2H3,(H,26,29)(H,27,30);4-5,7-10,12-13H,3,6H2,1-2H3,(H,26,29)(H,27,30);2-3,5-7,9-11,13H,4,8H2,1H3,(H,27,30)(H,28,31);2,4-5,7-9,11-12H,3,6H2,1H3,(H,26,30)(H,28,31). The second-order valence-electron chi connectivity index (χ2n) is 30.9. The van der Waals surface area contributed by atoms with Crippen LogP contribution in [0.4, 0.5) is 23.3 Å². The molecule has 8 N–H and O–H groups in total. The van der Waals surface area contributed by atoms with E-state index in [1.165, 1.54) is 11.9 Å². The molecule has 662 valence electrons. The third kappa shape index (κ3) is 20.4. The van der Waals surface area contributed by atoms with Crippen LogP contribution in [-0.4, -0.2) is 197 Å². The molecule has 16 heterocycles. The Balaban J connectivity index is 0.000000124. The Morgan fingerprint density at radius 2 is 0.752 bits per heavy atom. The van der Waals surface area contributed by atoms with E-state index in [2.05, 4.69) is 154 Å². The lowest BCUT2D eigenvalue weighted by Crippen LogP contribution is -2.36. The van der Waals surface area contributed by atoms with E-state index in [1.807, 2.05) is 145 Å². The van der Waals surface area contributed by atoms with Crippen LogP contribution >= 0.6 is 46.4 Å². The van der Waals surface area contributed by atoms with E-state index in [-0.39, 0.29) is 28.9 Å². The van der Waals surface area contributed by atoms with Gasteiger partial charge in [0.05, 0.1) is 79.8 Å². The van der Waals surface area contributed by atoms with E-state index < -0.39 is 0 Å². The summed E-state index contributed by atoms with van der Waals surface area (Å²) in [4.78, 5) is 52.2. The molecule has 0 aliphatic carbocycles. The topological polar surface area (TPSA) is 488 Å². The number of aromatic nitrogens is 28. The molecule has 0 radical (unpaired) electrons. The summed E-state index contributed by atoms with van der Waals surface area (Å²) >= 11 is 25.9. The molecule has 42 heteroatoms. The van der Waals surface area contributed by atoms with Gasteiger partial charge < -0.3 is 30.6 Å². The molecule has 20 rings (SSSR count). The third-order valence-electron chi connectivity index (χ3n) is 21.4. The number of H-pyrrole nitrogens is 4. The van der Waals surface area contributed by atoms with Gasteiger partial charge in [-0.15, -0.1) is 0 Å². The van der Waals surface area contributed by atoms with E-state index in [9.17, 15) is 21.0 Å². The summed E-state index contributed by atoms with van der Waals surface area (Å²) in [5.41, 5.74) is 16.8. The van der Waals surface area contributed by atoms with Crippen molar-refractivity contribution in [2.75, 3.05) is 67.8 Å². The number of fused-ring (bicyclic) bond motifs is 4. The van der Waals surface area contributed by atoms with Gasteiger partial charge in [-0.2, -0.15) is 61.8 Å². The molecule has 133 heavy (non-hydrogen) atoms. The minimum Gasteiger partial charge on any atom is -0.368 e. The number of halogens is 4. The lowest BCUT2D eigenvalue weighted by atomic mass is 10.1. The monoisotopic (exact) mass is 1850 g/mol. The van der Waals surface area contributed by atoms with Gasteiger partial charge in [0.1, 0.15) is 98.9 Å². The molecule has 4 aromatic carbocycles. The minimum atomic E-state index is 0.177. The zero-order valence-electron chi connectivity index (χ0n) is 72.1. The van der Waals surface area contributed by atoms with Crippen molar-refractivity contribution >= 4 is 113 Å². The molecular formula is C91H79Cl4N37O. The van der Waals surface area contributed by atoms with E-state index in [0.717, 1.165) is 104 Å². The van der Waals surface area contributed by atoms with Gasteiger partial charge in [0.15, 0.2) is 46.0 Å². The maximum Gasteiger partial charge on any atom is 0.183 e. The number of pyridine rings is 1. The van der Waals surface area contributed by atoms with Crippen molar-refractivity contribution in [2.24, 2.45) is 35.2 Å². The Morgan fingerprint density at radius 1 is 0.398 bits per heavy atom. The van der Waals surface area contributed by atoms with Gasteiger partial charge in [0.25, 0.3) is 0 Å². The van der Waals surface area contributed by atoms with Crippen LogP contribution in [0.2, 0.25) is 20.1 Å². The average molecular weight is 1850 g/mol. The van der Waals surface area contributed by atoms with E-state index >= 15 is 0 Å². The summed E-state index contributed by atoms with van der Waals surface area (Å²) in [6, 6.07) is 38.7. The highest BCUT2D eigenvalue weighted by Crippen LogP contribution is 2.41. The molecule has 38 nitrogen and oxygen atoms in total. The van der Waals surface area contributed by atoms with Gasteiger partial charge >= 0.3 is 0 Å². The van der Waals surface area contributed by atoms with Gasteiger partial charge in [0, 0.05) is 180 Å². The van der Waals surface area contributed by atoms with Gasteiger partial charge in [-0.1, -0.05) is 46.4 Å².